The number of aliphatic hydroxyl groups excluding tert-OH is 2. The van der Waals surface area contributed by atoms with Gasteiger partial charge in [-0.1, -0.05) is 251 Å². The smallest absolute Gasteiger partial charge is 0.305 e. The third-order valence-electron chi connectivity index (χ3n) is 11.4. The van der Waals surface area contributed by atoms with E-state index < -0.39 is 6.10 Å². The second-order valence-corrected chi connectivity index (χ2v) is 16.8. The molecule has 0 aromatic carbocycles. The highest BCUT2D eigenvalue weighted by molar-refractivity contribution is 5.69. The molecule has 0 aliphatic heterocycles. The van der Waals surface area contributed by atoms with Gasteiger partial charge in [-0.05, 0) is 25.7 Å². The van der Waals surface area contributed by atoms with E-state index in [4.69, 9.17) is 4.74 Å². The number of carbonyl (C=O) groups is 1. The molecule has 0 aliphatic rings. The Morgan fingerprint density at radius 2 is 0.577 bits per heavy atom. The lowest BCUT2D eigenvalue weighted by molar-refractivity contribution is -0.146. The average Bonchev–Trinajstić information content (AvgIpc) is 3.14. The van der Waals surface area contributed by atoms with Gasteiger partial charge < -0.3 is 14.9 Å². The van der Waals surface area contributed by atoms with Crippen molar-refractivity contribution in [3.8, 4) is 0 Å². The van der Waals surface area contributed by atoms with Crippen LogP contribution < -0.4 is 0 Å². The number of rotatable bonds is 45. The Labute approximate surface area is 327 Å². The fourth-order valence-corrected chi connectivity index (χ4v) is 7.70. The van der Waals surface area contributed by atoms with Crippen LogP contribution in [0.3, 0.4) is 0 Å². The highest BCUT2D eigenvalue weighted by Gasteiger charge is 2.09. The second-order valence-electron chi connectivity index (χ2n) is 16.8. The Kier molecular flexibility index (Phi) is 44.3. The van der Waals surface area contributed by atoms with Gasteiger partial charge in [-0.25, -0.2) is 0 Å². The first-order valence-electron chi connectivity index (χ1n) is 24.1. The molecule has 0 saturated heterocycles. The predicted molar refractivity (Wildman–Crippen MR) is 228 cm³/mol. The highest BCUT2D eigenvalue weighted by atomic mass is 16.5. The van der Waals surface area contributed by atoms with E-state index in [0.29, 0.717) is 6.42 Å². The summed E-state index contributed by atoms with van der Waals surface area (Å²) >= 11 is 0. The van der Waals surface area contributed by atoms with Gasteiger partial charge in [0.2, 0.25) is 0 Å². The quantitative estimate of drug-likeness (QED) is 0.0482. The van der Waals surface area contributed by atoms with Crippen molar-refractivity contribution in [1.29, 1.82) is 0 Å². The fraction of sp³-hybridized carbons (Fsp3) is 0.979. The molecule has 0 heterocycles. The van der Waals surface area contributed by atoms with Crippen molar-refractivity contribution in [3.05, 3.63) is 0 Å². The van der Waals surface area contributed by atoms with Crippen LogP contribution in [0.4, 0.5) is 0 Å². The lowest BCUT2D eigenvalue weighted by Gasteiger charge is -2.11. The maximum absolute atomic E-state index is 12.0. The Morgan fingerprint density at radius 3 is 0.885 bits per heavy atom. The van der Waals surface area contributed by atoms with Crippen LogP contribution in [0.15, 0.2) is 0 Å². The first-order chi connectivity index (χ1) is 25.6. The number of carbonyl (C=O) groups excluding carboxylic acids is 1. The molecule has 52 heavy (non-hydrogen) atoms. The molecule has 0 aromatic rings. The first-order valence-corrected chi connectivity index (χ1v) is 24.1. The van der Waals surface area contributed by atoms with Crippen LogP contribution in [0.2, 0.25) is 0 Å². The highest BCUT2D eigenvalue weighted by Crippen LogP contribution is 2.18. The molecule has 2 atom stereocenters. The minimum atomic E-state index is -0.513. The topological polar surface area (TPSA) is 66.8 Å². The molecule has 0 amide bonds. The van der Waals surface area contributed by atoms with E-state index in [1.54, 1.807) is 0 Å². The summed E-state index contributed by atoms with van der Waals surface area (Å²) in [6.45, 7) is 4.68. The summed E-state index contributed by atoms with van der Waals surface area (Å²) in [6.07, 6.45) is 53.1. The Bertz CT molecular complexity index is 667. The van der Waals surface area contributed by atoms with Gasteiger partial charge in [-0.15, -0.1) is 0 Å². The zero-order valence-corrected chi connectivity index (χ0v) is 35.8. The third kappa shape index (κ3) is 43.8. The van der Waals surface area contributed by atoms with Gasteiger partial charge in [-0.2, -0.15) is 0 Å². The molecule has 0 aromatic heterocycles. The van der Waals surface area contributed by atoms with Gasteiger partial charge >= 0.3 is 5.97 Å². The average molecular weight is 737 g/mol. The van der Waals surface area contributed by atoms with Crippen molar-refractivity contribution in [2.45, 2.75) is 296 Å². The SMILES string of the molecule is CCCCCCCCCCCCCCCCCCCCCCCCCCCCC(O)COC(=O)CCCCCCCCCCC(O)CCCCCC. The number of hydrogen-bond acceptors (Lipinski definition) is 4. The van der Waals surface area contributed by atoms with Gasteiger partial charge in [0.15, 0.2) is 0 Å². The Morgan fingerprint density at radius 1 is 0.346 bits per heavy atom. The molecular formula is C48H96O4. The lowest BCUT2D eigenvalue weighted by atomic mass is 10.0. The molecule has 0 aliphatic carbocycles. The summed E-state index contributed by atoms with van der Waals surface area (Å²) in [5, 5.41) is 20.3. The van der Waals surface area contributed by atoms with E-state index in [2.05, 4.69) is 13.8 Å². The van der Waals surface area contributed by atoms with E-state index in [1.807, 2.05) is 0 Å². The first kappa shape index (κ1) is 51.4. The molecular weight excluding hydrogens is 641 g/mol. The maximum Gasteiger partial charge on any atom is 0.305 e. The Hall–Kier alpha value is -0.610. The van der Waals surface area contributed by atoms with E-state index in [9.17, 15) is 15.0 Å². The van der Waals surface area contributed by atoms with E-state index in [-0.39, 0.29) is 18.7 Å². The van der Waals surface area contributed by atoms with Crippen molar-refractivity contribution in [2.75, 3.05) is 6.61 Å². The zero-order valence-electron chi connectivity index (χ0n) is 35.8. The monoisotopic (exact) mass is 737 g/mol. The summed E-state index contributed by atoms with van der Waals surface area (Å²) in [7, 11) is 0. The van der Waals surface area contributed by atoms with Crippen molar-refractivity contribution in [3.63, 3.8) is 0 Å². The van der Waals surface area contributed by atoms with Crippen LogP contribution in [-0.4, -0.2) is 35.0 Å². The molecule has 2 N–H and O–H groups in total. The minimum Gasteiger partial charge on any atom is -0.463 e. The van der Waals surface area contributed by atoms with Crippen LogP contribution in [-0.2, 0) is 9.53 Å². The predicted octanol–water partition coefficient (Wildman–Crippen LogP) is 15.7. The number of esters is 1. The molecule has 4 heteroatoms. The summed E-state index contributed by atoms with van der Waals surface area (Å²) in [5.74, 6) is -0.155. The van der Waals surface area contributed by atoms with Crippen LogP contribution in [0.1, 0.15) is 284 Å². The fourth-order valence-electron chi connectivity index (χ4n) is 7.70. The van der Waals surface area contributed by atoms with Gasteiger partial charge in [0.25, 0.3) is 0 Å². The lowest BCUT2D eigenvalue weighted by Crippen LogP contribution is -2.18. The number of aliphatic hydroxyl groups is 2. The third-order valence-corrected chi connectivity index (χ3v) is 11.4. The van der Waals surface area contributed by atoms with Gasteiger partial charge in [0.05, 0.1) is 12.2 Å². The zero-order chi connectivity index (χ0) is 37.8. The normalized spacial score (nSPS) is 12.8. The number of ether oxygens (including phenoxy) is 1. The van der Waals surface area contributed by atoms with Crippen LogP contribution in [0.25, 0.3) is 0 Å². The minimum absolute atomic E-state index is 0.0968. The Balaban J connectivity index is 3.26. The number of hydrogen-bond donors (Lipinski definition) is 2. The van der Waals surface area contributed by atoms with Crippen molar-refractivity contribution < 1.29 is 19.7 Å². The number of unbranched alkanes of at least 4 members (excludes halogenated alkanes) is 35. The molecule has 0 fully saturated rings. The van der Waals surface area contributed by atoms with Gasteiger partial charge in [-0.3, -0.25) is 4.79 Å². The molecule has 312 valence electrons. The largest absolute Gasteiger partial charge is 0.463 e. The molecule has 0 bridgehead atoms. The molecule has 0 radical (unpaired) electrons. The van der Waals surface area contributed by atoms with Crippen LogP contribution in [0, 0.1) is 0 Å². The van der Waals surface area contributed by atoms with Gasteiger partial charge in [0, 0.05) is 6.42 Å². The molecule has 2 unspecified atom stereocenters. The molecule has 0 spiro atoms. The standard InChI is InChI=1S/C48H96O4/c1-3-5-7-9-10-11-12-13-14-15-16-17-18-19-20-21-22-23-24-25-26-27-28-32-35-39-43-47(50)45-52-48(51)44-40-36-33-30-29-31-34-38-42-46(49)41-37-8-6-4-2/h46-47,49-50H,3-45H2,1-2H3. The molecule has 0 saturated carbocycles. The van der Waals surface area contributed by atoms with E-state index >= 15 is 0 Å². The maximum atomic E-state index is 12.0. The van der Waals surface area contributed by atoms with Crippen molar-refractivity contribution in [1.82, 2.24) is 0 Å². The van der Waals surface area contributed by atoms with Crippen LogP contribution >= 0.6 is 0 Å². The molecule has 0 rings (SSSR count). The van der Waals surface area contributed by atoms with Crippen molar-refractivity contribution >= 4 is 5.97 Å². The summed E-state index contributed by atoms with van der Waals surface area (Å²) in [4.78, 5) is 12.0. The summed E-state index contributed by atoms with van der Waals surface area (Å²) in [5.41, 5.74) is 0. The van der Waals surface area contributed by atoms with Crippen molar-refractivity contribution in [2.24, 2.45) is 0 Å². The summed E-state index contributed by atoms with van der Waals surface area (Å²) < 4.78 is 5.33. The van der Waals surface area contributed by atoms with Gasteiger partial charge in [0.1, 0.15) is 6.61 Å². The second kappa shape index (κ2) is 44.8. The van der Waals surface area contributed by atoms with Crippen LogP contribution in [0.5, 0.6) is 0 Å². The van der Waals surface area contributed by atoms with E-state index in [1.165, 1.54) is 218 Å². The van der Waals surface area contributed by atoms with E-state index in [0.717, 1.165) is 44.9 Å². The summed E-state index contributed by atoms with van der Waals surface area (Å²) in [6, 6.07) is 0. The molecule has 4 nitrogen and oxygen atoms in total.